The number of nitrogens with one attached hydrogen (secondary N) is 1. The van der Waals surface area contributed by atoms with Gasteiger partial charge in [-0.05, 0) is 67.8 Å². The summed E-state index contributed by atoms with van der Waals surface area (Å²) in [7, 11) is 1.63. The van der Waals surface area contributed by atoms with Crippen molar-refractivity contribution in [1.29, 1.82) is 0 Å². The number of para-hydroxylation sites is 1. The van der Waals surface area contributed by atoms with E-state index in [1.54, 1.807) is 7.11 Å². The van der Waals surface area contributed by atoms with Crippen LogP contribution in [0.25, 0.3) is 22.3 Å². The Hall–Kier alpha value is -3.31. The van der Waals surface area contributed by atoms with Crippen LogP contribution in [-0.2, 0) is 6.42 Å². The Morgan fingerprint density at radius 2 is 1.79 bits per heavy atom. The van der Waals surface area contributed by atoms with Gasteiger partial charge in [0.25, 0.3) is 0 Å². The van der Waals surface area contributed by atoms with Gasteiger partial charge in [-0.1, -0.05) is 24.3 Å². The zero-order valence-electron chi connectivity index (χ0n) is 16.5. The summed E-state index contributed by atoms with van der Waals surface area (Å²) >= 11 is 0. The summed E-state index contributed by atoms with van der Waals surface area (Å²) in [6, 6.07) is 21.8. The Labute approximate surface area is 170 Å². The van der Waals surface area contributed by atoms with E-state index in [2.05, 4.69) is 22.1 Å². The lowest BCUT2D eigenvalue weighted by Crippen LogP contribution is -1.99. The molecule has 0 unspecified atom stereocenters. The lowest BCUT2D eigenvalue weighted by Gasteiger charge is -2.07. The van der Waals surface area contributed by atoms with Crippen LogP contribution in [0.2, 0.25) is 0 Å². The molecule has 0 aliphatic rings. The van der Waals surface area contributed by atoms with Gasteiger partial charge in [0.1, 0.15) is 11.5 Å². The predicted octanol–water partition coefficient (Wildman–Crippen LogP) is 5.31. The minimum Gasteiger partial charge on any atom is -0.481 e. The molecule has 4 aromatic rings. The van der Waals surface area contributed by atoms with Crippen LogP contribution in [0.5, 0.6) is 17.4 Å². The number of aryl methyl sites for hydroxylation is 1. The molecule has 0 bridgehead atoms. The van der Waals surface area contributed by atoms with Crippen LogP contribution in [0.4, 0.5) is 0 Å². The molecule has 2 aromatic heterocycles. The van der Waals surface area contributed by atoms with Crippen molar-refractivity contribution in [1.82, 2.24) is 9.97 Å². The molecule has 0 radical (unpaired) electrons. The van der Waals surface area contributed by atoms with Gasteiger partial charge in [-0.25, -0.2) is 4.98 Å². The minimum absolute atomic E-state index is 0.599. The second-order valence-corrected chi connectivity index (χ2v) is 6.91. The molecule has 3 N–H and O–H groups in total. The highest BCUT2D eigenvalue weighted by molar-refractivity contribution is 5.91. The first-order chi connectivity index (χ1) is 14.3. The number of nitrogens with two attached hydrogens (primary N) is 1. The first kappa shape index (κ1) is 19.0. The highest BCUT2D eigenvalue weighted by Crippen LogP contribution is 2.34. The Morgan fingerprint density at radius 1 is 0.931 bits per heavy atom. The van der Waals surface area contributed by atoms with Gasteiger partial charge in [-0.3, -0.25) is 0 Å². The molecule has 0 aliphatic carbocycles. The molecule has 0 atom stereocenters. The molecular weight excluding hydrogens is 362 g/mol. The molecule has 2 aromatic carbocycles. The Bertz CT molecular complexity index is 1090. The van der Waals surface area contributed by atoms with Gasteiger partial charge in [0, 0.05) is 17.0 Å². The van der Waals surface area contributed by atoms with Crippen LogP contribution in [0, 0.1) is 0 Å². The summed E-state index contributed by atoms with van der Waals surface area (Å²) in [5, 5.41) is 1.15. The van der Waals surface area contributed by atoms with Crippen molar-refractivity contribution < 1.29 is 9.47 Å². The van der Waals surface area contributed by atoms with Crippen molar-refractivity contribution in [3.8, 4) is 28.8 Å². The monoisotopic (exact) mass is 387 g/mol. The molecule has 5 nitrogen and oxygen atoms in total. The van der Waals surface area contributed by atoms with Crippen molar-refractivity contribution in [2.75, 3.05) is 13.7 Å². The first-order valence-electron chi connectivity index (χ1n) is 9.87. The van der Waals surface area contributed by atoms with Crippen LogP contribution in [0.15, 0.2) is 66.7 Å². The molecule has 0 saturated heterocycles. The Morgan fingerprint density at radius 3 is 2.59 bits per heavy atom. The number of aromatic amines is 1. The number of methoxy groups -OCH3 is 1. The number of nitrogens with zero attached hydrogens (tertiary/aromatic N) is 1. The number of aromatic nitrogens is 2. The van der Waals surface area contributed by atoms with E-state index in [1.807, 2.05) is 54.6 Å². The maximum atomic E-state index is 6.05. The number of H-pyrrole nitrogens is 1. The summed E-state index contributed by atoms with van der Waals surface area (Å²) in [5.41, 5.74) is 9.90. The SMILES string of the molecule is COc1cccc(-c2[nH]c3ccc(Oc4ccccc4)cc3c2CCCCN)n1. The average molecular weight is 387 g/mol. The van der Waals surface area contributed by atoms with E-state index < -0.39 is 0 Å². The largest absolute Gasteiger partial charge is 0.481 e. The van der Waals surface area contributed by atoms with Gasteiger partial charge in [-0.2, -0.15) is 0 Å². The van der Waals surface area contributed by atoms with E-state index in [1.165, 1.54) is 5.56 Å². The summed E-state index contributed by atoms with van der Waals surface area (Å²) < 4.78 is 11.4. The van der Waals surface area contributed by atoms with E-state index in [0.29, 0.717) is 12.4 Å². The number of benzene rings is 2. The van der Waals surface area contributed by atoms with E-state index in [4.69, 9.17) is 15.2 Å². The number of fused-ring (bicyclic) bond motifs is 1. The van der Waals surface area contributed by atoms with Crippen LogP contribution in [0.3, 0.4) is 0 Å². The third kappa shape index (κ3) is 4.25. The molecule has 5 heteroatoms. The second kappa shape index (κ2) is 8.80. The highest BCUT2D eigenvalue weighted by atomic mass is 16.5. The Kier molecular flexibility index (Phi) is 5.77. The second-order valence-electron chi connectivity index (χ2n) is 6.91. The Balaban J connectivity index is 1.76. The van der Waals surface area contributed by atoms with E-state index in [0.717, 1.165) is 53.1 Å². The van der Waals surface area contributed by atoms with E-state index in [9.17, 15) is 0 Å². The molecule has 0 spiro atoms. The predicted molar refractivity (Wildman–Crippen MR) is 117 cm³/mol. The van der Waals surface area contributed by atoms with Crippen molar-refractivity contribution in [2.24, 2.45) is 5.73 Å². The van der Waals surface area contributed by atoms with E-state index in [-0.39, 0.29) is 0 Å². The van der Waals surface area contributed by atoms with Gasteiger partial charge in [0.05, 0.1) is 18.5 Å². The molecule has 0 amide bonds. The van der Waals surface area contributed by atoms with Crippen molar-refractivity contribution in [3.05, 3.63) is 72.3 Å². The fourth-order valence-electron chi connectivity index (χ4n) is 3.51. The van der Waals surface area contributed by atoms with Crippen LogP contribution in [0.1, 0.15) is 18.4 Å². The first-order valence-corrected chi connectivity index (χ1v) is 9.87. The molecule has 0 aliphatic heterocycles. The topological polar surface area (TPSA) is 73.2 Å². The third-order valence-corrected chi connectivity index (χ3v) is 4.93. The fourth-order valence-corrected chi connectivity index (χ4v) is 3.51. The fraction of sp³-hybridized carbons (Fsp3) is 0.208. The van der Waals surface area contributed by atoms with Crippen LogP contribution < -0.4 is 15.2 Å². The van der Waals surface area contributed by atoms with E-state index >= 15 is 0 Å². The molecular formula is C24H25N3O2. The number of unbranched alkanes of at least 4 members (excludes halogenated alkanes) is 1. The van der Waals surface area contributed by atoms with Gasteiger partial charge >= 0.3 is 0 Å². The number of ether oxygens (including phenoxy) is 2. The molecule has 0 saturated carbocycles. The maximum absolute atomic E-state index is 6.05. The lowest BCUT2D eigenvalue weighted by molar-refractivity contribution is 0.398. The van der Waals surface area contributed by atoms with Gasteiger partial charge in [-0.15, -0.1) is 0 Å². The summed E-state index contributed by atoms with van der Waals surface area (Å²) in [6.45, 7) is 0.692. The van der Waals surface area contributed by atoms with Crippen molar-refractivity contribution >= 4 is 10.9 Å². The normalized spacial score (nSPS) is 11.0. The third-order valence-electron chi connectivity index (χ3n) is 4.93. The molecule has 29 heavy (non-hydrogen) atoms. The van der Waals surface area contributed by atoms with Crippen LogP contribution in [-0.4, -0.2) is 23.6 Å². The number of hydrogen-bond donors (Lipinski definition) is 2. The quantitative estimate of drug-likeness (QED) is 0.402. The van der Waals surface area contributed by atoms with Crippen molar-refractivity contribution in [2.45, 2.75) is 19.3 Å². The zero-order chi connectivity index (χ0) is 20.1. The van der Waals surface area contributed by atoms with Gasteiger partial charge in [0.2, 0.25) is 5.88 Å². The summed E-state index contributed by atoms with van der Waals surface area (Å²) in [6.07, 6.45) is 2.92. The van der Waals surface area contributed by atoms with Gasteiger partial charge in [0.15, 0.2) is 0 Å². The van der Waals surface area contributed by atoms with Crippen molar-refractivity contribution in [3.63, 3.8) is 0 Å². The molecule has 4 rings (SSSR count). The summed E-state index contributed by atoms with van der Waals surface area (Å²) in [5.74, 6) is 2.23. The van der Waals surface area contributed by atoms with Gasteiger partial charge < -0.3 is 20.2 Å². The molecule has 148 valence electrons. The minimum atomic E-state index is 0.599. The number of rotatable bonds is 8. The smallest absolute Gasteiger partial charge is 0.213 e. The number of hydrogen-bond acceptors (Lipinski definition) is 4. The average Bonchev–Trinajstić information content (AvgIpc) is 3.13. The standard InChI is InChI=1S/C24H25N3O2/c1-28-23-12-7-11-22(26-23)24-19(10-5-6-15-25)20-16-18(13-14-21(20)27-24)29-17-8-3-2-4-9-17/h2-4,7-9,11-14,16,27H,5-6,10,15,25H2,1H3. The lowest BCUT2D eigenvalue weighted by atomic mass is 10.0. The molecule has 0 fully saturated rings. The molecule has 2 heterocycles. The van der Waals surface area contributed by atoms with Crippen LogP contribution >= 0.6 is 0 Å². The zero-order valence-corrected chi connectivity index (χ0v) is 16.5. The highest BCUT2D eigenvalue weighted by Gasteiger charge is 2.15. The summed E-state index contributed by atoms with van der Waals surface area (Å²) in [4.78, 5) is 8.17. The maximum Gasteiger partial charge on any atom is 0.213 e. The number of pyridine rings is 1.